The summed E-state index contributed by atoms with van der Waals surface area (Å²) in [6.07, 6.45) is 0. The molecule has 0 fully saturated rings. The van der Waals surface area contributed by atoms with Gasteiger partial charge in [0.05, 0.1) is 11.2 Å². The van der Waals surface area contributed by atoms with Gasteiger partial charge in [-0.05, 0) is 37.3 Å². The molecule has 0 unspecified atom stereocenters. The highest BCUT2D eigenvalue weighted by molar-refractivity contribution is 5.81. The zero-order chi connectivity index (χ0) is 14.1. The van der Waals surface area contributed by atoms with Gasteiger partial charge in [0.25, 0.3) is 0 Å². The molecule has 1 aromatic heterocycles. The van der Waals surface area contributed by atoms with Crippen LogP contribution in [0.25, 0.3) is 10.9 Å². The zero-order valence-corrected chi connectivity index (χ0v) is 11.6. The Bertz CT molecular complexity index is 744. The second-order valence-corrected chi connectivity index (χ2v) is 4.97. The highest BCUT2D eigenvalue weighted by Crippen LogP contribution is 2.22. The SMILES string of the molecule is Cc1ccc(OCc2cc3c(F)cccc3n2C)cc1. The first-order valence-electron chi connectivity index (χ1n) is 6.57. The number of nitrogens with zero attached hydrogens (tertiary/aromatic N) is 1. The lowest BCUT2D eigenvalue weighted by Crippen LogP contribution is -2.01. The first-order valence-corrected chi connectivity index (χ1v) is 6.57. The minimum Gasteiger partial charge on any atom is -0.487 e. The number of aryl methyl sites for hydroxylation is 2. The predicted molar refractivity (Wildman–Crippen MR) is 78.4 cm³/mol. The molecule has 0 bridgehead atoms. The van der Waals surface area contributed by atoms with E-state index in [0.29, 0.717) is 12.0 Å². The fraction of sp³-hybridized carbons (Fsp3) is 0.176. The average Bonchev–Trinajstić information content (AvgIpc) is 2.77. The highest BCUT2D eigenvalue weighted by atomic mass is 19.1. The summed E-state index contributed by atoms with van der Waals surface area (Å²) in [5, 5.41) is 0.637. The van der Waals surface area contributed by atoms with Gasteiger partial charge < -0.3 is 9.30 Å². The van der Waals surface area contributed by atoms with Gasteiger partial charge in [0.2, 0.25) is 0 Å². The second kappa shape index (κ2) is 5.00. The van der Waals surface area contributed by atoms with Gasteiger partial charge in [-0.3, -0.25) is 0 Å². The molecule has 1 heterocycles. The van der Waals surface area contributed by atoms with E-state index in [4.69, 9.17) is 4.74 Å². The highest BCUT2D eigenvalue weighted by Gasteiger charge is 2.09. The molecule has 3 aromatic rings. The Morgan fingerprint density at radius 1 is 1.10 bits per heavy atom. The molecule has 102 valence electrons. The Kier molecular flexibility index (Phi) is 3.18. The van der Waals surface area contributed by atoms with Gasteiger partial charge in [-0.2, -0.15) is 0 Å². The molecule has 0 N–H and O–H groups in total. The van der Waals surface area contributed by atoms with E-state index in [2.05, 4.69) is 0 Å². The maximum atomic E-state index is 13.7. The number of aromatic nitrogens is 1. The summed E-state index contributed by atoms with van der Waals surface area (Å²) in [4.78, 5) is 0. The van der Waals surface area contributed by atoms with Crippen molar-refractivity contribution in [2.75, 3.05) is 0 Å². The van der Waals surface area contributed by atoms with Gasteiger partial charge >= 0.3 is 0 Å². The van der Waals surface area contributed by atoms with Crippen molar-refractivity contribution >= 4 is 10.9 Å². The maximum Gasteiger partial charge on any atom is 0.132 e. The van der Waals surface area contributed by atoms with Crippen molar-refractivity contribution in [1.82, 2.24) is 4.57 Å². The first-order chi connectivity index (χ1) is 9.65. The summed E-state index contributed by atoms with van der Waals surface area (Å²) in [6.45, 7) is 2.46. The first kappa shape index (κ1) is 12.7. The van der Waals surface area contributed by atoms with Crippen molar-refractivity contribution in [2.45, 2.75) is 13.5 Å². The number of fused-ring (bicyclic) bond motifs is 1. The van der Waals surface area contributed by atoms with Crippen LogP contribution in [-0.4, -0.2) is 4.57 Å². The third kappa shape index (κ3) is 2.27. The monoisotopic (exact) mass is 269 g/mol. The molecule has 3 rings (SSSR count). The third-order valence-electron chi connectivity index (χ3n) is 3.54. The fourth-order valence-corrected chi connectivity index (χ4v) is 2.31. The third-order valence-corrected chi connectivity index (χ3v) is 3.54. The number of ether oxygens (including phenoxy) is 1. The molecular formula is C17H16FNO. The van der Waals surface area contributed by atoms with Gasteiger partial charge in [0, 0.05) is 12.4 Å². The van der Waals surface area contributed by atoms with Gasteiger partial charge in [0.1, 0.15) is 18.2 Å². The van der Waals surface area contributed by atoms with Crippen molar-refractivity contribution < 1.29 is 9.13 Å². The van der Waals surface area contributed by atoms with Gasteiger partial charge in [-0.1, -0.05) is 23.8 Å². The lowest BCUT2D eigenvalue weighted by Gasteiger charge is -2.07. The summed E-state index contributed by atoms with van der Waals surface area (Å²) in [7, 11) is 1.93. The minimum absolute atomic E-state index is 0.195. The van der Waals surface area contributed by atoms with Crippen LogP contribution in [0.5, 0.6) is 5.75 Å². The molecular weight excluding hydrogens is 253 g/mol. The quantitative estimate of drug-likeness (QED) is 0.695. The largest absolute Gasteiger partial charge is 0.487 e. The van der Waals surface area contributed by atoms with Crippen LogP contribution in [0.1, 0.15) is 11.3 Å². The number of hydrogen-bond donors (Lipinski definition) is 0. The van der Waals surface area contributed by atoms with Crippen LogP contribution < -0.4 is 4.74 Å². The van der Waals surface area contributed by atoms with Crippen molar-refractivity contribution in [3.05, 3.63) is 65.6 Å². The van der Waals surface area contributed by atoms with Crippen LogP contribution in [0.4, 0.5) is 4.39 Å². The van der Waals surface area contributed by atoms with E-state index >= 15 is 0 Å². The van der Waals surface area contributed by atoms with Crippen LogP contribution in [0.2, 0.25) is 0 Å². The molecule has 0 aliphatic heterocycles. The van der Waals surface area contributed by atoms with Crippen molar-refractivity contribution in [3.8, 4) is 5.75 Å². The molecule has 20 heavy (non-hydrogen) atoms. The second-order valence-electron chi connectivity index (χ2n) is 4.97. The van der Waals surface area contributed by atoms with Crippen molar-refractivity contribution in [3.63, 3.8) is 0 Å². The Morgan fingerprint density at radius 2 is 1.85 bits per heavy atom. The van der Waals surface area contributed by atoms with Crippen LogP contribution in [0.15, 0.2) is 48.5 Å². The van der Waals surface area contributed by atoms with Crippen LogP contribution >= 0.6 is 0 Å². The van der Waals surface area contributed by atoms with Crippen molar-refractivity contribution in [1.29, 1.82) is 0 Å². The topological polar surface area (TPSA) is 14.2 Å². The summed E-state index contributed by atoms with van der Waals surface area (Å²) < 4.78 is 21.5. The van der Waals surface area contributed by atoms with E-state index in [1.54, 1.807) is 6.07 Å². The Hall–Kier alpha value is -2.29. The molecule has 0 aliphatic carbocycles. The molecule has 0 amide bonds. The maximum absolute atomic E-state index is 13.7. The smallest absolute Gasteiger partial charge is 0.132 e. The fourth-order valence-electron chi connectivity index (χ4n) is 2.31. The summed E-state index contributed by atoms with van der Waals surface area (Å²) in [5.74, 6) is 0.626. The standard InChI is InChI=1S/C17H16FNO/c1-12-6-8-14(9-7-12)20-11-13-10-15-16(18)4-3-5-17(15)19(13)2/h3-10H,11H2,1-2H3. The summed E-state index contributed by atoms with van der Waals surface area (Å²) in [5.41, 5.74) is 3.03. The van der Waals surface area contributed by atoms with E-state index in [0.717, 1.165) is 17.0 Å². The molecule has 0 atom stereocenters. The number of hydrogen-bond acceptors (Lipinski definition) is 1. The molecule has 2 nitrogen and oxygen atoms in total. The number of rotatable bonds is 3. The molecule has 0 saturated heterocycles. The predicted octanol–water partition coefficient (Wildman–Crippen LogP) is 4.20. The minimum atomic E-state index is -0.195. The van der Waals surface area contributed by atoms with Crippen LogP contribution in [-0.2, 0) is 13.7 Å². The zero-order valence-electron chi connectivity index (χ0n) is 11.6. The average molecular weight is 269 g/mol. The van der Waals surface area contributed by atoms with Gasteiger partial charge in [-0.25, -0.2) is 4.39 Å². The Morgan fingerprint density at radius 3 is 2.55 bits per heavy atom. The lowest BCUT2D eigenvalue weighted by molar-refractivity contribution is 0.297. The molecule has 0 spiro atoms. The number of halogens is 1. The van der Waals surface area contributed by atoms with Crippen LogP contribution in [0, 0.1) is 12.7 Å². The van der Waals surface area contributed by atoms with E-state index in [1.807, 2.05) is 54.9 Å². The molecule has 0 radical (unpaired) electrons. The van der Waals surface area contributed by atoms with E-state index < -0.39 is 0 Å². The van der Waals surface area contributed by atoms with E-state index in [9.17, 15) is 4.39 Å². The Labute approximate surface area is 117 Å². The van der Waals surface area contributed by atoms with Gasteiger partial charge in [0.15, 0.2) is 0 Å². The Balaban J connectivity index is 1.86. The normalized spacial score (nSPS) is 10.9. The summed E-state index contributed by atoms with van der Waals surface area (Å²) in [6, 6.07) is 14.9. The van der Waals surface area contributed by atoms with E-state index in [1.165, 1.54) is 11.6 Å². The molecule has 0 saturated carbocycles. The molecule has 3 heteroatoms. The van der Waals surface area contributed by atoms with Crippen LogP contribution in [0.3, 0.4) is 0 Å². The molecule has 0 aliphatic rings. The summed E-state index contributed by atoms with van der Waals surface area (Å²) >= 11 is 0. The number of benzene rings is 2. The molecule has 2 aromatic carbocycles. The van der Waals surface area contributed by atoms with Gasteiger partial charge in [-0.15, -0.1) is 0 Å². The lowest BCUT2D eigenvalue weighted by atomic mass is 10.2. The van der Waals surface area contributed by atoms with Crippen molar-refractivity contribution in [2.24, 2.45) is 7.05 Å². The van der Waals surface area contributed by atoms with E-state index in [-0.39, 0.29) is 5.82 Å².